The van der Waals surface area contributed by atoms with Crippen LogP contribution in [0.4, 0.5) is 0 Å². The summed E-state index contributed by atoms with van der Waals surface area (Å²) in [4.78, 5) is 25.2. The Bertz CT molecular complexity index is 754. The van der Waals surface area contributed by atoms with Gasteiger partial charge in [0.25, 0.3) is 0 Å². The van der Waals surface area contributed by atoms with Gasteiger partial charge in [0.05, 0.1) is 16.2 Å². The zero-order valence-corrected chi connectivity index (χ0v) is 10.4. The number of hydrogen-bond donors (Lipinski definition) is 2. The van der Waals surface area contributed by atoms with Gasteiger partial charge in [-0.3, -0.25) is 4.79 Å². The van der Waals surface area contributed by atoms with Crippen LogP contribution in [-0.4, -0.2) is 19.9 Å². The average molecular weight is 281 g/mol. The molecule has 0 aliphatic carbocycles. The van der Waals surface area contributed by atoms with Crippen LogP contribution in [0.3, 0.4) is 0 Å². The van der Waals surface area contributed by atoms with Crippen LogP contribution >= 0.6 is 23.2 Å². The third-order valence-electron chi connectivity index (χ3n) is 2.41. The highest BCUT2D eigenvalue weighted by molar-refractivity contribution is 6.41. The predicted octanol–water partition coefficient (Wildman–Crippen LogP) is 2.62. The van der Waals surface area contributed by atoms with Crippen molar-refractivity contribution in [3.63, 3.8) is 0 Å². The molecule has 0 aliphatic heterocycles. The molecule has 18 heavy (non-hydrogen) atoms. The fourth-order valence-corrected chi connectivity index (χ4v) is 1.90. The highest BCUT2D eigenvalue weighted by Gasteiger charge is 2.09. The number of halogens is 2. The molecular weight excluding hydrogens is 275 g/mol. The van der Waals surface area contributed by atoms with Gasteiger partial charge < -0.3 is 9.97 Å². The zero-order chi connectivity index (χ0) is 12.7. The Labute approximate surface area is 111 Å². The molecule has 0 amide bonds. The van der Waals surface area contributed by atoms with E-state index in [1.165, 1.54) is 6.07 Å². The number of aromatic amines is 2. The standard InChI is InChI=1S/C11H6Cl2N4O/c12-5-4-7-11(16-9(5)13)17-10(15-7)6-2-1-3-8(18)14-6/h1-4H,(H,14,18)(H,15,16,17). The van der Waals surface area contributed by atoms with Crippen LogP contribution in [0.2, 0.25) is 10.2 Å². The van der Waals surface area contributed by atoms with Crippen LogP contribution in [0.5, 0.6) is 0 Å². The summed E-state index contributed by atoms with van der Waals surface area (Å²) in [5, 5.41) is 0.546. The number of rotatable bonds is 1. The molecule has 0 bridgehead atoms. The van der Waals surface area contributed by atoms with E-state index >= 15 is 0 Å². The SMILES string of the molecule is O=c1cccc(-c2nc3nc(Cl)c(Cl)cc3[nH]2)[nH]1. The van der Waals surface area contributed by atoms with Gasteiger partial charge in [-0.2, -0.15) is 0 Å². The van der Waals surface area contributed by atoms with E-state index in [0.29, 0.717) is 27.7 Å². The lowest BCUT2D eigenvalue weighted by Gasteiger charge is -1.93. The van der Waals surface area contributed by atoms with Gasteiger partial charge in [-0.05, 0) is 12.1 Å². The number of imidazole rings is 1. The summed E-state index contributed by atoms with van der Waals surface area (Å²) in [5.74, 6) is 0.508. The Morgan fingerprint density at radius 1 is 1.11 bits per heavy atom. The van der Waals surface area contributed by atoms with Crippen molar-refractivity contribution in [1.29, 1.82) is 0 Å². The predicted molar refractivity (Wildman–Crippen MR) is 70.0 cm³/mol. The number of pyridine rings is 2. The van der Waals surface area contributed by atoms with E-state index in [1.54, 1.807) is 18.2 Å². The quantitative estimate of drug-likeness (QED) is 0.673. The Balaban J connectivity index is 2.22. The zero-order valence-electron chi connectivity index (χ0n) is 8.87. The number of fused-ring (bicyclic) bond motifs is 1. The van der Waals surface area contributed by atoms with Gasteiger partial charge >= 0.3 is 0 Å². The van der Waals surface area contributed by atoms with E-state index in [-0.39, 0.29) is 10.7 Å². The number of hydrogen-bond acceptors (Lipinski definition) is 3. The first-order valence-electron chi connectivity index (χ1n) is 5.05. The number of nitrogens with zero attached hydrogens (tertiary/aromatic N) is 2. The normalized spacial score (nSPS) is 11.0. The van der Waals surface area contributed by atoms with Crippen LogP contribution in [0.25, 0.3) is 22.7 Å². The summed E-state index contributed by atoms with van der Waals surface area (Å²) in [6.07, 6.45) is 0. The van der Waals surface area contributed by atoms with Crippen LogP contribution in [-0.2, 0) is 0 Å². The molecule has 0 unspecified atom stereocenters. The summed E-state index contributed by atoms with van der Waals surface area (Å²) in [5.41, 5.74) is 1.48. The lowest BCUT2D eigenvalue weighted by atomic mass is 10.3. The van der Waals surface area contributed by atoms with Gasteiger partial charge in [0, 0.05) is 6.07 Å². The minimum absolute atomic E-state index is 0.197. The minimum atomic E-state index is -0.197. The Hall–Kier alpha value is -1.85. The molecule has 3 aromatic rings. The fraction of sp³-hybridized carbons (Fsp3) is 0. The molecule has 0 radical (unpaired) electrons. The molecule has 5 nitrogen and oxygen atoms in total. The minimum Gasteiger partial charge on any atom is -0.335 e. The van der Waals surface area contributed by atoms with E-state index in [9.17, 15) is 4.79 Å². The molecule has 0 atom stereocenters. The maximum atomic E-state index is 11.2. The summed E-state index contributed by atoms with van der Waals surface area (Å²) < 4.78 is 0. The molecule has 0 saturated carbocycles. The van der Waals surface area contributed by atoms with E-state index in [1.807, 2.05) is 0 Å². The van der Waals surface area contributed by atoms with Crippen molar-refractivity contribution in [2.75, 3.05) is 0 Å². The molecule has 7 heteroatoms. The van der Waals surface area contributed by atoms with Crippen molar-refractivity contribution in [2.45, 2.75) is 0 Å². The number of aromatic nitrogens is 4. The maximum Gasteiger partial charge on any atom is 0.248 e. The van der Waals surface area contributed by atoms with Crippen LogP contribution < -0.4 is 5.56 Å². The first-order chi connectivity index (χ1) is 8.63. The molecular formula is C11H6Cl2N4O. The molecule has 0 fully saturated rings. The molecule has 0 saturated heterocycles. The topological polar surface area (TPSA) is 74.4 Å². The van der Waals surface area contributed by atoms with Crippen molar-refractivity contribution in [3.05, 3.63) is 44.8 Å². The summed E-state index contributed by atoms with van der Waals surface area (Å²) in [6, 6.07) is 6.46. The second-order valence-corrected chi connectivity index (χ2v) is 4.41. The second-order valence-electron chi connectivity index (χ2n) is 3.65. The van der Waals surface area contributed by atoms with Gasteiger partial charge in [-0.1, -0.05) is 29.3 Å². The van der Waals surface area contributed by atoms with Gasteiger partial charge in [0.2, 0.25) is 5.56 Å². The number of nitrogens with one attached hydrogen (secondary N) is 2. The molecule has 3 rings (SSSR count). The Morgan fingerprint density at radius 2 is 1.94 bits per heavy atom. The molecule has 0 aromatic carbocycles. The van der Waals surface area contributed by atoms with Gasteiger partial charge in [-0.25, -0.2) is 9.97 Å². The van der Waals surface area contributed by atoms with E-state index in [2.05, 4.69) is 19.9 Å². The lowest BCUT2D eigenvalue weighted by Crippen LogP contribution is -2.03. The average Bonchev–Trinajstić information content (AvgIpc) is 2.73. The third kappa shape index (κ3) is 1.87. The van der Waals surface area contributed by atoms with E-state index in [4.69, 9.17) is 23.2 Å². The van der Waals surface area contributed by atoms with Gasteiger partial charge in [0.15, 0.2) is 11.5 Å². The van der Waals surface area contributed by atoms with E-state index < -0.39 is 0 Å². The molecule has 3 heterocycles. The van der Waals surface area contributed by atoms with Crippen LogP contribution in [0, 0.1) is 0 Å². The van der Waals surface area contributed by atoms with E-state index in [0.717, 1.165) is 0 Å². The maximum absolute atomic E-state index is 11.2. The van der Waals surface area contributed by atoms with Gasteiger partial charge in [-0.15, -0.1) is 0 Å². The number of H-pyrrole nitrogens is 2. The first-order valence-corrected chi connectivity index (χ1v) is 5.80. The monoisotopic (exact) mass is 280 g/mol. The molecule has 0 aliphatic rings. The summed E-state index contributed by atoms with van der Waals surface area (Å²) >= 11 is 11.7. The van der Waals surface area contributed by atoms with Gasteiger partial charge in [0.1, 0.15) is 5.15 Å². The highest BCUT2D eigenvalue weighted by Crippen LogP contribution is 2.25. The second kappa shape index (κ2) is 4.12. The summed E-state index contributed by atoms with van der Waals surface area (Å²) in [6.45, 7) is 0. The molecule has 0 spiro atoms. The van der Waals surface area contributed by atoms with Crippen LogP contribution in [0.1, 0.15) is 0 Å². The largest absolute Gasteiger partial charge is 0.335 e. The summed E-state index contributed by atoms with van der Waals surface area (Å²) in [7, 11) is 0. The van der Waals surface area contributed by atoms with Crippen molar-refractivity contribution in [2.24, 2.45) is 0 Å². The van der Waals surface area contributed by atoms with Crippen molar-refractivity contribution in [3.8, 4) is 11.5 Å². The lowest BCUT2D eigenvalue weighted by molar-refractivity contribution is 1.19. The molecule has 90 valence electrons. The van der Waals surface area contributed by atoms with Crippen molar-refractivity contribution < 1.29 is 0 Å². The Kier molecular flexibility index (Phi) is 2.57. The first kappa shape index (κ1) is 11.3. The van der Waals surface area contributed by atoms with Crippen molar-refractivity contribution >= 4 is 34.4 Å². The highest BCUT2D eigenvalue weighted by atomic mass is 35.5. The molecule has 3 aromatic heterocycles. The Morgan fingerprint density at radius 3 is 2.72 bits per heavy atom. The van der Waals surface area contributed by atoms with Crippen molar-refractivity contribution in [1.82, 2.24) is 19.9 Å². The third-order valence-corrected chi connectivity index (χ3v) is 3.08. The van der Waals surface area contributed by atoms with Crippen LogP contribution in [0.15, 0.2) is 29.1 Å². The fourth-order valence-electron chi connectivity index (χ4n) is 1.61. The smallest absolute Gasteiger partial charge is 0.248 e. The molecule has 2 N–H and O–H groups in total.